The van der Waals surface area contributed by atoms with E-state index in [9.17, 15) is 0 Å². The van der Waals surface area contributed by atoms with Crippen LogP contribution in [-0.2, 0) is 0 Å². The number of nitrogens with zero attached hydrogens (tertiary/aromatic N) is 1. The summed E-state index contributed by atoms with van der Waals surface area (Å²) in [5.41, 5.74) is 1.17. The van der Waals surface area contributed by atoms with E-state index in [1.807, 2.05) is 6.07 Å². The third kappa shape index (κ3) is 4.63. The number of piperidine rings is 1. The van der Waals surface area contributed by atoms with E-state index in [0.717, 1.165) is 18.9 Å². The van der Waals surface area contributed by atoms with Crippen molar-refractivity contribution in [3.63, 3.8) is 0 Å². The van der Waals surface area contributed by atoms with Gasteiger partial charge in [-0.3, -0.25) is 0 Å². The molecule has 1 heterocycles. The van der Waals surface area contributed by atoms with Gasteiger partial charge in [-0.25, -0.2) is 0 Å². The summed E-state index contributed by atoms with van der Waals surface area (Å²) in [5, 5.41) is 3.70. The van der Waals surface area contributed by atoms with E-state index in [-0.39, 0.29) is 0 Å². The van der Waals surface area contributed by atoms with Gasteiger partial charge in [0.15, 0.2) is 0 Å². The van der Waals surface area contributed by atoms with E-state index in [0.29, 0.717) is 23.9 Å². The Hall–Kier alpha value is -1.22. The standard InChI is InChI=1S/C18H30N2O/c1-13(2)12-21-17-8-6-7-16(10-17)19-18-9-15(4)20(5)11-14(18)3/h6-8,10,13-15,18-19H,9,11-12H2,1-5H3. The predicted molar refractivity (Wildman–Crippen MR) is 90.1 cm³/mol. The maximum absolute atomic E-state index is 5.81. The second kappa shape index (κ2) is 7.17. The topological polar surface area (TPSA) is 24.5 Å². The van der Waals surface area contributed by atoms with Crippen LogP contribution in [0.3, 0.4) is 0 Å². The molecule has 1 aliphatic rings. The van der Waals surface area contributed by atoms with Crippen LogP contribution in [-0.4, -0.2) is 37.2 Å². The third-order valence-electron chi connectivity index (χ3n) is 4.38. The molecular weight excluding hydrogens is 260 g/mol. The summed E-state index contributed by atoms with van der Waals surface area (Å²) in [6.07, 6.45) is 1.19. The Labute approximate surface area is 129 Å². The number of anilines is 1. The Balaban J connectivity index is 1.97. The lowest BCUT2D eigenvalue weighted by atomic mass is 9.89. The first-order valence-electron chi connectivity index (χ1n) is 8.15. The molecule has 3 nitrogen and oxygen atoms in total. The van der Waals surface area contributed by atoms with Gasteiger partial charge in [-0.05, 0) is 44.4 Å². The zero-order valence-corrected chi connectivity index (χ0v) is 14.1. The maximum atomic E-state index is 5.81. The molecule has 0 aromatic heterocycles. The van der Waals surface area contributed by atoms with Crippen molar-refractivity contribution >= 4 is 5.69 Å². The minimum atomic E-state index is 0.538. The van der Waals surface area contributed by atoms with E-state index in [1.54, 1.807) is 0 Å². The van der Waals surface area contributed by atoms with Crippen LogP contribution in [0.5, 0.6) is 5.75 Å². The summed E-state index contributed by atoms with van der Waals surface area (Å²) in [5.74, 6) is 2.17. The molecule has 2 rings (SSSR count). The number of ether oxygens (including phenoxy) is 1. The van der Waals surface area contributed by atoms with Gasteiger partial charge in [0.05, 0.1) is 6.61 Å². The average molecular weight is 290 g/mol. The summed E-state index contributed by atoms with van der Waals surface area (Å²) in [6, 6.07) is 9.54. The first-order chi connectivity index (χ1) is 9.95. The number of hydrogen-bond acceptors (Lipinski definition) is 3. The first-order valence-corrected chi connectivity index (χ1v) is 8.15. The van der Waals surface area contributed by atoms with Crippen LogP contribution >= 0.6 is 0 Å². The molecule has 1 aliphatic heterocycles. The van der Waals surface area contributed by atoms with E-state index in [1.165, 1.54) is 12.1 Å². The minimum absolute atomic E-state index is 0.538. The van der Waals surface area contributed by atoms with E-state index in [4.69, 9.17) is 4.74 Å². The summed E-state index contributed by atoms with van der Waals surface area (Å²) in [7, 11) is 2.22. The molecule has 0 saturated carbocycles. The van der Waals surface area contributed by atoms with Crippen LogP contribution in [0, 0.1) is 11.8 Å². The van der Waals surface area contributed by atoms with Gasteiger partial charge in [-0.2, -0.15) is 0 Å². The van der Waals surface area contributed by atoms with Gasteiger partial charge in [0.25, 0.3) is 0 Å². The molecule has 3 unspecified atom stereocenters. The molecule has 3 heteroatoms. The van der Waals surface area contributed by atoms with Crippen LogP contribution in [0.4, 0.5) is 5.69 Å². The molecule has 3 atom stereocenters. The summed E-state index contributed by atoms with van der Waals surface area (Å²) >= 11 is 0. The fourth-order valence-corrected chi connectivity index (χ4v) is 2.90. The largest absolute Gasteiger partial charge is 0.493 e. The summed E-state index contributed by atoms with van der Waals surface area (Å²) < 4.78 is 5.81. The molecule has 0 bridgehead atoms. The highest BCUT2D eigenvalue weighted by molar-refractivity contribution is 5.49. The number of nitrogens with one attached hydrogen (secondary N) is 1. The monoisotopic (exact) mass is 290 g/mol. The molecular formula is C18H30N2O. The number of benzene rings is 1. The average Bonchev–Trinajstić information content (AvgIpc) is 2.43. The normalized spacial score (nSPS) is 26.9. The molecule has 1 saturated heterocycles. The lowest BCUT2D eigenvalue weighted by Crippen LogP contribution is -2.48. The highest BCUT2D eigenvalue weighted by Crippen LogP contribution is 2.26. The Bertz CT molecular complexity index is 447. The Morgan fingerprint density at radius 1 is 1.33 bits per heavy atom. The summed E-state index contributed by atoms with van der Waals surface area (Å²) in [6.45, 7) is 10.9. The van der Waals surface area contributed by atoms with Crippen molar-refractivity contribution in [2.45, 2.75) is 46.2 Å². The molecule has 21 heavy (non-hydrogen) atoms. The minimum Gasteiger partial charge on any atom is -0.493 e. The van der Waals surface area contributed by atoms with Crippen molar-refractivity contribution < 1.29 is 4.74 Å². The van der Waals surface area contributed by atoms with Crippen molar-refractivity contribution in [2.24, 2.45) is 11.8 Å². The fourth-order valence-electron chi connectivity index (χ4n) is 2.90. The van der Waals surface area contributed by atoms with Crippen LogP contribution in [0.25, 0.3) is 0 Å². The van der Waals surface area contributed by atoms with E-state index in [2.05, 4.69) is 63.2 Å². The number of rotatable bonds is 5. The van der Waals surface area contributed by atoms with Crippen molar-refractivity contribution in [3.05, 3.63) is 24.3 Å². The van der Waals surface area contributed by atoms with Gasteiger partial charge in [0, 0.05) is 30.4 Å². The fraction of sp³-hybridized carbons (Fsp3) is 0.667. The molecule has 0 aliphatic carbocycles. The van der Waals surface area contributed by atoms with Gasteiger partial charge in [0.1, 0.15) is 5.75 Å². The Kier molecular flexibility index (Phi) is 5.51. The van der Waals surface area contributed by atoms with Gasteiger partial charge in [0.2, 0.25) is 0 Å². The lowest BCUT2D eigenvalue weighted by Gasteiger charge is -2.40. The molecule has 0 amide bonds. The summed E-state index contributed by atoms with van der Waals surface area (Å²) in [4.78, 5) is 2.45. The molecule has 1 fully saturated rings. The number of likely N-dealkylation sites (tertiary alicyclic amines) is 1. The van der Waals surface area contributed by atoms with Crippen molar-refractivity contribution in [2.75, 3.05) is 25.5 Å². The molecule has 0 spiro atoms. The van der Waals surface area contributed by atoms with Gasteiger partial charge >= 0.3 is 0 Å². The highest BCUT2D eigenvalue weighted by Gasteiger charge is 2.28. The van der Waals surface area contributed by atoms with Crippen molar-refractivity contribution in [3.8, 4) is 5.75 Å². The number of hydrogen-bond donors (Lipinski definition) is 1. The molecule has 1 N–H and O–H groups in total. The zero-order chi connectivity index (χ0) is 15.4. The van der Waals surface area contributed by atoms with Gasteiger partial charge in [-0.1, -0.05) is 26.8 Å². The Morgan fingerprint density at radius 2 is 2.10 bits per heavy atom. The molecule has 118 valence electrons. The van der Waals surface area contributed by atoms with Gasteiger partial charge in [-0.15, -0.1) is 0 Å². The van der Waals surface area contributed by atoms with Crippen LogP contribution in [0.15, 0.2) is 24.3 Å². The second-order valence-corrected chi connectivity index (χ2v) is 6.99. The SMILES string of the molecule is CC(C)COc1cccc(NC2CC(C)N(C)CC2C)c1. The zero-order valence-electron chi connectivity index (χ0n) is 14.1. The van der Waals surface area contributed by atoms with Gasteiger partial charge < -0.3 is 15.0 Å². The van der Waals surface area contributed by atoms with E-state index < -0.39 is 0 Å². The predicted octanol–water partition coefficient (Wildman–Crippen LogP) is 3.86. The van der Waals surface area contributed by atoms with Crippen molar-refractivity contribution in [1.29, 1.82) is 0 Å². The molecule has 1 aromatic carbocycles. The van der Waals surface area contributed by atoms with E-state index >= 15 is 0 Å². The van der Waals surface area contributed by atoms with Crippen LogP contribution < -0.4 is 10.1 Å². The second-order valence-electron chi connectivity index (χ2n) is 6.99. The molecule has 0 radical (unpaired) electrons. The Morgan fingerprint density at radius 3 is 2.81 bits per heavy atom. The quantitative estimate of drug-likeness (QED) is 0.891. The smallest absolute Gasteiger partial charge is 0.121 e. The van der Waals surface area contributed by atoms with Crippen molar-refractivity contribution in [1.82, 2.24) is 4.90 Å². The lowest BCUT2D eigenvalue weighted by molar-refractivity contribution is 0.145. The molecule has 1 aromatic rings. The van der Waals surface area contributed by atoms with Crippen LogP contribution in [0.1, 0.15) is 34.1 Å². The first kappa shape index (κ1) is 16.2. The van der Waals surface area contributed by atoms with Crippen LogP contribution in [0.2, 0.25) is 0 Å². The maximum Gasteiger partial charge on any atom is 0.121 e. The highest BCUT2D eigenvalue weighted by atomic mass is 16.5. The third-order valence-corrected chi connectivity index (χ3v) is 4.38.